The highest BCUT2D eigenvalue weighted by Gasteiger charge is 2.37. The first kappa shape index (κ1) is 10.1. The molecule has 1 unspecified atom stereocenters. The monoisotopic (exact) mass is 202 g/mol. The molecule has 1 aromatic rings. The summed E-state index contributed by atoms with van der Waals surface area (Å²) >= 11 is 0. The second-order valence-electron chi connectivity index (χ2n) is 4.06. The number of carbonyl (C=O) groups is 1. The SMILES string of the molecule is CC(=O)C1(O)CC=Cc2cccc(C)c21. The summed E-state index contributed by atoms with van der Waals surface area (Å²) in [6.45, 7) is 3.36. The van der Waals surface area contributed by atoms with Crippen molar-refractivity contribution in [2.75, 3.05) is 0 Å². The number of rotatable bonds is 1. The van der Waals surface area contributed by atoms with Gasteiger partial charge in [0.05, 0.1) is 0 Å². The zero-order chi connectivity index (χ0) is 11.1. The van der Waals surface area contributed by atoms with E-state index in [9.17, 15) is 9.90 Å². The van der Waals surface area contributed by atoms with E-state index < -0.39 is 5.60 Å². The van der Waals surface area contributed by atoms with E-state index in [0.29, 0.717) is 6.42 Å². The van der Waals surface area contributed by atoms with Crippen LogP contribution in [-0.4, -0.2) is 10.9 Å². The van der Waals surface area contributed by atoms with E-state index in [4.69, 9.17) is 0 Å². The lowest BCUT2D eigenvalue weighted by atomic mass is 9.78. The van der Waals surface area contributed by atoms with Gasteiger partial charge in [-0.3, -0.25) is 4.79 Å². The van der Waals surface area contributed by atoms with Crippen LogP contribution in [0, 0.1) is 6.92 Å². The van der Waals surface area contributed by atoms with E-state index in [1.807, 2.05) is 37.3 Å². The molecule has 0 aromatic heterocycles. The maximum atomic E-state index is 11.6. The molecule has 0 aliphatic heterocycles. The summed E-state index contributed by atoms with van der Waals surface area (Å²) in [5.74, 6) is -0.192. The molecule has 2 heteroatoms. The third-order valence-electron chi connectivity index (χ3n) is 3.01. The zero-order valence-electron chi connectivity index (χ0n) is 8.95. The van der Waals surface area contributed by atoms with Crippen LogP contribution in [0.3, 0.4) is 0 Å². The highest BCUT2D eigenvalue weighted by Crippen LogP contribution is 2.36. The van der Waals surface area contributed by atoms with Gasteiger partial charge in [0, 0.05) is 12.0 Å². The lowest BCUT2D eigenvalue weighted by Crippen LogP contribution is -2.36. The molecular formula is C13H14O2. The molecule has 0 spiro atoms. The normalized spacial score (nSPS) is 23.7. The van der Waals surface area contributed by atoms with Gasteiger partial charge in [-0.05, 0) is 25.0 Å². The minimum absolute atomic E-state index is 0.192. The quantitative estimate of drug-likeness (QED) is 0.758. The van der Waals surface area contributed by atoms with Gasteiger partial charge in [-0.2, -0.15) is 0 Å². The predicted octanol–water partition coefficient (Wildman–Crippen LogP) is 2.19. The zero-order valence-corrected chi connectivity index (χ0v) is 8.95. The molecule has 1 aliphatic rings. The van der Waals surface area contributed by atoms with Crippen LogP contribution in [0.15, 0.2) is 24.3 Å². The fraction of sp³-hybridized carbons (Fsp3) is 0.308. The van der Waals surface area contributed by atoms with E-state index in [1.165, 1.54) is 6.92 Å². The number of carbonyl (C=O) groups excluding carboxylic acids is 1. The average molecular weight is 202 g/mol. The molecule has 2 nitrogen and oxygen atoms in total. The Morgan fingerprint density at radius 1 is 1.47 bits per heavy atom. The number of aryl methyl sites for hydroxylation is 1. The Morgan fingerprint density at radius 2 is 2.20 bits per heavy atom. The summed E-state index contributed by atoms with van der Waals surface area (Å²) in [6, 6.07) is 5.78. The fourth-order valence-electron chi connectivity index (χ4n) is 2.17. The minimum Gasteiger partial charge on any atom is -0.377 e. The van der Waals surface area contributed by atoms with Gasteiger partial charge in [-0.25, -0.2) is 0 Å². The smallest absolute Gasteiger partial charge is 0.166 e. The molecule has 1 aromatic carbocycles. The second kappa shape index (κ2) is 3.31. The maximum Gasteiger partial charge on any atom is 0.166 e. The molecule has 1 N–H and O–H groups in total. The van der Waals surface area contributed by atoms with Crippen molar-refractivity contribution < 1.29 is 9.90 Å². The second-order valence-corrected chi connectivity index (χ2v) is 4.06. The van der Waals surface area contributed by atoms with Gasteiger partial charge in [0.1, 0.15) is 0 Å². The molecular weight excluding hydrogens is 188 g/mol. The van der Waals surface area contributed by atoms with Crippen molar-refractivity contribution in [3.8, 4) is 0 Å². The van der Waals surface area contributed by atoms with Gasteiger partial charge < -0.3 is 5.11 Å². The summed E-state index contributed by atoms with van der Waals surface area (Å²) in [5.41, 5.74) is 1.35. The number of hydrogen-bond acceptors (Lipinski definition) is 2. The Morgan fingerprint density at radius 3 is 2.87 bits per heavy atom. The standard InChI is InChI=1S/C13H14O2/c1-9-5-3-6-11-7-4-8-13(15,10(2)14)12(9)11/h3-7,15H,8H2,1-2H3. The highest BCUT2D eigenvalue weighted by atomic mass is 16.3. The van der Waals surface area contributed by atoms with Crippen molar-refractivity contribution in [1.29, 1.82) is 0 Å². The summed E-state index contributed by atoms with van der Waals surface area (Å²) in [5, 5.41) is 10.4. The molecule has 78 valence electrons. The number of ketones is 1. The number of fused-ring (bicyclic) bond motifs is 1. The van der Waals surface area contributed by atoms with Gasteiger partial charge in [0.2, 0.25) is 0 Å². The van der Waals surface area contributed by atoms with Crippen molar-refractivity contribution in [1.82, 2.24) is 0 Å². The van der Waals surface area contributed by atoms with Crippen LogP contribution in [0.25, 0.3) is 6.08 Å². The van der Waals surface area contributed by atoms with Gasteiger partial charge in [0.25, 0.3) is 0 Å². The van der Waals surface area contributed by atoms with Crippen LogP contribution in [0.1, 0.15) is 30.0 Å². The number of Topliss-reactive ketones (excluding diaryl/α,β-unsaturated/α-hetero) is 1. The molecule has 2 rings (SSSR count). The molecule has 0 saturated heterocycles. The van der Waals surface area contributed by atoms with Crippen molar-refractivity contribution in [2.45, 2.75) is 25.9 Å². The van der Waals surface area contributed by atoms with Crippen LogP contribution in [0.5, 0.6) is 0 Å². The van der Waals surface area contributed by atoms with E-state index in [1.54, 1.807) is 0 Å². The van der Waals surface area contributed by atoms with Crippen LogP contribution < -0.4 is 0 Å². The maximum absolute atomic E-state index is 11.6. The molecule has 1 atom stereocenters. The minimum atomic E-state index is -1.32. The summed E-state index contributed by atoms with van der Waals surface area (Å²) in [6.07, 6.45) is 4.18. The largest absolute Gasteiger partial charge is 0.377 e. The van der Waals surface area contributed by atoms with E-state index >= 15 is 0 Å². The summed E-state index contributed by atoms with van der Waals surface area (Å²) in [4.78, 5) is 11.6. The highest BCUT2D eigenvalue weighted by molar-refractivity contribution is 5.89. The lowest BCUT2D eigenvalue weighted by Gasteiger charge is -2.30. The Hall–Kier alpha value is -1.41. The Balaban J connectivity index is 2.70. The van der Waals surface area contributed by atoms with Crippen LogP contribution in [0.4, 0.5) is 0 Å². The molecule has 0 bridgehead atoms. The topological polar surface area (TPSA) is 37.3 Å². The van der Waals surface area contributed by atoms with Gasteiger partial charge in [-0.15, -0.1) is 0 Å². The molecule has 0 heterocycles. The average Bonchev–Trinajstić information content (AvgIpc) is 2.17. The van der Waals surface area contributed by atoms with E-state index in [-0.39, 0.29) is 5.78 Å². The number of aliphatic hydroxyl groups is 1. The van der Waals surface area contributed by atoms with Crippen molar-refractivity contribution >= 4 is 11.9 Å². The molecule has 0 radical (unpaired) electrons. The van der Waals surface area contributed by atoms with E-state index in [0.717, 1.165) is 16.7 Å². The van der Waals surface area contributed by atoms with Crippen LogP contribution >= 0.6 is 0 Å². The summed E-state index contributed by atoms with van der Waals surface area (Å²) < 4.78 is 0. The Labute approximate surface area is 89.2 Å². The summed E-state index contributed by atoms with van der Waals surface area (Å²) in [7, 11) is 0. The Kier molecular flexibility index (Phi) is 2.24. The van der Waals surface area contributed by atoms with Gasteiger partial charge in [0.15, 0.2) is 11.4 Å². The number of benzene rings is 1. The fourth-order valence-corrected chi connectivity index (χ4v) is 2.17. The van der Waals surface area contributed by atoms with Crippen LogP contribution in [0.2, 0.25) is 0 Å². The van der Waals surface area contributed by atoms with Crippen molar-refractivity contribution in [3.63, 3.8) is 0 Å². The van der Waals surface area contributed by atoms with Gasteiger partial charge >= 0.3 is 0 Å². The molecule has 0 fully saturated rings. The van der Waals surface area contributed by atoms with Gasteiger partial charge in [-0.1, -0.05) is 30.4 Å². The predicted molar refractivity (Wildman–Crippen MR) is 59.4 cm³/mol. The molecule has 1 aliphatic carbocycles. The molecule has 0 saturated carbocycles. The first-order valence-corrected chi connectivity index (χ1v) is 5.06. The van der Waals surface area contributed by atoms with E-state index in [2.05, 4.69) is 0 Å². The third kappa shape index (κ3) is 1.41. The third-order valence-corrected chi connectivity index (χ3v) is 3.01. The van der Waals surface area contributed by atoms with Crippen LogP contribution in [-0.2, 0) is 10.4 Å². The Bertz CT molecular complexity index is 446. The van der Waals surface area contributed by atoms with Crippen molar-refractivity contribution in [3.05, 3.63) is 41.0 Å². The lowest BCUT2D eigenvalue weighted by molar-refractivity contribution is -0.135. The molecule has 0 amide bonds. The van der Waals surface area contributed by atoms with Crippen molar-refractivity contribution in [2.24, 2.45) is 0 Å². The molecule has 15 heavy (non-hydrogen) atoms. The first-order valence-electron chi connectivity index (χ1n) is 5.06. The first-order chi connectivity index (χ1) is 7.05. The number of hydrogen-bond donors (Lipinski definition) is 1.